The van der Waals surface area contributed by atoms with Gasteiger partial charge in [-0.1, -0.05) is 0 Å². The van der Waals surface area contributed by atoms with Crippen molar-refractivity contribution >= 4 is 35.4 Å². The van der Waals surface area contributed by atoms with E-state index in [1.807, 2.05) is 0 Å². The fourth-order valence-electron chi connectivity index (χ4n) is 2.01. The minimum absolute atomic E-state index is 0. The number of rotatable bonds is 0. The van der Waals surface area contributed by atoms with Crippen LogP contribution in [-0.2, 0) is 16.1 Å². The molecule has 0 aromatic carbocycles. The number of allylic oxidation sites excluding steroid dienone is 3. The Morgan fingerprint density at radius 1 is 1.24 bits per heavy atom. The van der Waals surface area contributed by atoms with E-state index in [1.54, 1.807) is 16.8 Å². The van der Waals surface area contributed by atoms with Crippen molar-refractivity contribution in [3.8, 4) is 0 Å². The SMILES string of the molecule is Cl.Nc1ccn2c1CNC1=C2C(=O)C=CC1=O. The Morgan fingerprint density at radius 3 is 2.71 bits per heavy atom. The Kier molecular flexibility index (Phi) is 2.55. The van der Waals surface area contributed by atoms with E-state index in [0.717, 1.165) is 5.69 Å². The summed E-state index contributed by atoms with van der Waals surface area (Å²) in [5.74, 6) is -0.355. The number of carbonyl (C=O) groups excluding carboxylic acids is 2. The summed E-state index contributed by atoms with van der Waals surface area (Å²) < 4.78 is 1.69. The van der Waals surface area contributed by atoms with Crippen LogP contribution in [0, 0.1) is 0 Å². The summed E-state index contributed by atoms with van der Waals surface area (Å²) in [6.45, 7) is 0.463. The van der Waals surface area contributed by atoms with Crippen molar-refractivity contribution < 1.29 is 9.59 Å². The molecule has 0 bridgehead atoms. The molecule has 0 unspecified atom stereocenters. The van der Waals surface area contributed by atoms with E-state index in [-0.39, 0.29) is 24.0 Å². The molecule has 1 aromatic rings. The summed E-state index contributed by atoms with van der Waals surface area (Å²) in [4.78, 5) is 23.3. The van der Waals surface area contributed by atoms with Gasteiger partial charge in [0.25, 0.3) is 0 Å². The molecule has 6 heteroatoms. The van der Waals surface area contributed by atoms with Gasteiger partial charge in [0.2, 0.25) is 11.6 Å². The van der Waals surface area contributed by atoms with Gasteiger partial charge in [0.05, 0.1) is 17.9 Å². The minimum atomic E-state index is -0.182. The van der Waals surface area contributed by atoms with Gasteiger partial charge in [-0.3, -0.25) is 9.59 Å². The predicted octanol–water partition coefficient (Wildman–Crippen LogP) is 0.472. The molecule has 3 N–H and O–H groups in total. The van der Waals surface area contributed by atoms with Gasteiger partial charge < -0.3 is 15.6 Å². The van der Waals surface area contributed by atoms with E-state index in [9.17, 15) is 9.59 Å². The van der Waals surface area contributed by atoms with Crippen LogP contribution in [0.4, 0.5) is 5.69 Å². The third kappa shape index (κ3) is 1.47. The number of anilines is 1. The number of halogens is 1. The monoisotopic (exact) mass is 251 g/mol. The van der Waals surface area contributed by atoms with Crippen LogP contribution in [0.5, 0.6) is 0 Å². The molecule has 0 fully saturated rings. The molecule has 5 nitrogen and oxygen atoms in total. The summed E-state index contributed by atoms with van der Waals surface area (Å²) in [5.41, 5.74) is 7.92. The van der Waals surface area contributed by atoms with Gasteiger partial charge in [-0.25, -0.2) is 0 Å². The van der Waals surface area contributed by atoms with Gasteiger partial charge >= 0.3 is 0 Å². The van der Waals surface area contributed by atoms with E-state index in [4.69, 9.17) is 5.73 Å². The minimum Gasteiger partial charge on any atom is -0.397 e. The molecule has 2 heterocycles. The fraction of sp³-hybridized carbons (Fsp3) is 0.0909. The second-order valence-electron chi connectivity index (χ2n) is 3.73. The third-order valence-electron chi connectivity index (χ3n) is 2.80. The molecule has 2 aliphatic rings. The lowest BCUT2D eigenvalue weighted by atomic mass is 10.0. The molecule has 88 valence electrons. The van der Waals surface area contributed by atoms with Gasteiger partial charge in [-0.15, -0.1) is 12.4 Å². The molecule has 0 saturated carbocycles. The van der Waals surface area contributed by atoms with Crippen LogP contribution >= 0.6 is 12.4 Å². The first kappa shape index (κ1) is 11.5. The number of aromatic nitrogens is 1. The lowest BCUT2D eigenvalue weighted by Gasteiger charge is -2.24. The van der Waals surface area contributed by atoms with Crippen molar-refractivity contribution in [1.82, 2.24) is 9.88 Å². The van der Waals surface area contributed by atoms with Crippen LogP contribution in [0.1, 0.15) is 5.69 Å². The number of nitrogens with one attached hydrogen (secondary N) is 1. The Morgan fingerprint density at radius 2 is 1.94 bits per heavy atom. The van der Waals surface area contributed by atoms with Gasteiger partial charge in [-0.2, -0.15) is 0 Å². The van der Waals surface area contributed by atoms with Gasteiger partial charge in [0.15, 0.2) is 0 Å². The maximum Gasteiger partial charge on any atom is 0.204 e. The summed E-state index contributed by atoms with van der Waals surface area (Å²) in [7, 11) is 0. The zero-order chi connectivity index (χ0) is 11.3. The molecule has 1 aliphatic heterocycles. The first-order valence-electron chi connectivity index (χ1n) is 4.89. The number of nitrogens with zero attached hydrogens (tertiary/aromatic N) is 1. The number of nitrogen functional groups attached to an aromatic ring is 1. The molecule has 1 aliphatic carbocycles. The molecular weight excluding hydrogens is 242 g/mol. The largest absolute Gasteiger partial charge is 0.397 e. The fourth-order valence-corrected chi connectivity index (χ4v) is 2.01. The Balaban J connectivity index is 0.00000108. The quantitative estimate of drug-likeness (QED) is 0.657. The van der Waals surface area contributed by atoms with Crippen molar-refractivity contribution in [1.29, 1.82) is 0 Å². The Bertz CT molecular complexity index is 584. The van der Waals surface area contributed by atoms with E-state index in [1.165, 1.54) is 12.2 Å². The molecular formula is C11H10ClN3O2. The highest BCUT2D eigenvalue weighted by atomic mass is 35.5. The molecule has 0 saturated heterocycles. The van der Waals surface area contributed by atoms with E-state index in [0.29, 0.717) is 23.6 Å². The van der Waals surface area contributed by atoms with E-state index < -0.39 is 0 Å². The second kappa shape index (κ2) is 3.78. The van der Waals surface area contributed by atoms with Crippen LogP contribution in [0.15, 0.2) is 30.1 Å². The zero-order valence-electron chi connectivity index (χ0n) is 8.77. The van der Waals surface area contributed by atoms with Crippen molar-refractivity contribution in [2.45, 2.75) is 6.54 Å². The topological polar surface area (TPSA) is 77.1 Å². The maximum atomic E-state index is 11.7. The number of fused-ring (bicyclic) bond motifs is 2. The smallest absolute Gasteiger partial charge is 0.204 e. The van der Waals surface area contributed by atoms with Gasteiger partial charge in [-0.05, 0) is 18.2 Å². The average molecular weight is 252 g/mol. The summed E-state index contributed by atoms with van der Waals surface area (Å²) in [6.07, 6.45) is 4.28. The number of hydrogen-bond acceptors (Lipinski definition) is 4. The standard InChI is InChI=1S/C11H9N3O2.ClH/c12-6-3-4-14-7(6)5-13-10-8(15)1-2-9(16)11(10)14;/h1-4,13H,5,12H2;1H. The summed E-state index contributed by atoms with van der Waals surface area (Å²) >= 11 is 0. The van der Waals surface area contributed by atoms with Crippen LogP contribution in [0.2, 0.25) is 0 Å². The molecule has 0 radical (unpaired) electrons. The lowest BCUT2D eigenvalue weighted by Crippen LogP contribution is -2.33. The number of ketones is 2. The third-order valence-corrected chi connectivity index (χ3v) is 2.80. The number of carbonyl (C=O) groups is 2. The van der Waals surface area contributed by atoms with Crippen molar-refractivity contribution in [3.63, 3.8) is 0 Å². The van der Waals surface area contributed by atoms with Crippen LogP contribution in [0.25, 0.3) is 5.70 Å². The Hall–Kier alpha value is -2.01. The molecule has 1 aromatic heterocycles. The predicted molar refractivity (Wildman–Crippen MR) is 65.3 cm³/mol. The lowest BCUT2D eigenvalue weighted by molar-refractivity contribution is -0.114. The number of hydrogen-bond donors (Lipinski definition) is 2. The highest BCUT2D eigenvalue weighted by molar-refractivity contribution is 6.32. The molecule has 17 heavy (non-hydrogen) atoms. The normalized spacial score (nSPS) is 17.2. The van der Waals surface area contributed by atoms with Crippen LogP contribution < -0.4 is 11.1 Å². The highest BCUT2D eigenvalue weighted by Crippen LogP contribution is 2.27. The summed E-state index contributed by atoms with van der Waals surface area (Å²) in [6, 6.07) is 1.73. The number of nitrogens with two attached hydrogens (primary N) is 1. The first-order valence-corrected chi connectivity index (χ1v) is 4.89. The molecule has 3 rings (SSSR count). The van der Waals surface area contributed by atoms with Crippen LogP contribution in [0.3, 0.4) is 0 Å². The Labute approximate surface area is 103 Å². The van der Waals surface area contributed by atoms with Gasteiger partial charge in [0.1, 0.15) is 11.4 Å². The van der Waals surface area contributed by atoms with E-state index in [2.05, 4.69) is 5.32 Å². The van der Waals surface area contributed by atoms with Crippen LogP contribution in [-0.4, -0.2) is 16.1 Å². The van der Waals surface area contributed by atoms with Crippen molar-refractivity contribution in [2.75, 3.05) is 5.73 Å². The second-order valence-corrected chi connectivity index (χ2v) is 3.73. The zero-order valence-corrected chi connectivity index (χ0v) is 9.58. The average Bonchev–Trinajstić information content (AvgIpc) is 2.66. The molecule has 0 amide bonds. The summed E-state index contributed by atoms with van der Waals surface area (Å²) in [5, 5.41) is 2.94. The van der Waals surface area contributed by atoms with Crippen molar-refractivity contribution in [3.05, 3.63) is 35.8 Å². The highest BCUT2D eigenvalue weighted by Gasteiger charge is 2.29. The van der Waals surface area contributed by atoms with Crippen molar-refractivity contribution in [2.24, 2.45) is 0 Å². The van der Waals surface area contributed by atoms with Gasteiger partial charge in [0, 0.05) is 6.20 Å². The molecule has 0 spiro atoms. The maximum absolute atomic E-state index is 11.7. The first-order chi connectivity index (χ1) is 7.68. The van der Waals surface area contributed by atoms with E-state index >= 15 is 0 Å². The molecule has 0 atom stereocenters.